The van der Waals surface area contributed by atoms with Gasteiger partial charge in [-0.3, -0.25) is 4.79 Å². The van der Waals surface area contributed by atoms with E-state index in [4.69, 9.17) is 9.15 Å². The standard InChI is InChI=1S/C21H29N5O6S/c1-2-31-21(28)16-7-8-19(32-16)33(29,30)25-12-9-15(10-13-25)20(27)22-14-18-24-23-17-6-4-3-5-11-26(17)18/h7-8,15H,2-6,9-14H2,1H3,(H,22,27). The smallest absolute Gasteiger partial charge is 0.374 e. The van der Waals surface area contributed by atoms with Crippen molar-refractivity contribution in [2.75, 3.05) is 19.7 Å². The van der Waals surface area contributed by atoms with Gasteiger partial charge in [0.15, 0.2) is 5.82 Å². The number of aryl methyl sites for hydroxylation is 1. The molecule has 0 aromatic carbocycles. The van der Waals surface area contributed by atoms with Gasteiger partial charge in [-0.25, -0.2) is 13.2 Å². The summed E-state index contributed by atoms with van der Waals surface area (Å²) in [5, 5.41) is 11.1. The Balaban J connectivity index is 1.31. The molecule has 0 aliphatic carbocycles. The second-order valence-electron chi connectivity index (χ2n) is 8.23. The fourth-order valence-electron chi connectivity index (χ4n) is 4.24. The van der Waals surface area contributed by atoms with E-state index >= 15 is 0 Å². The first-order chi connectivity index (χ1) is 15.9. The SMILES string of the molecule is CCOC(=O)c1ccc(S(=O)(=O)N2CCC(C(=O)NCc3nnc4n3CCCCC4)CC2)o1. The molecule has 0 radical (unpaired) electrons. The van der Waals surface area contributed by atoms with Crippen molar-refractivity contribution in [3.05, 3.63) is 29.5 Å². The summed E-state index contributed by atoms with van der Waals surface area (Å²) in [4.78, 5) is 24.4. The zero-order chi connectivity index (χ0) is 23.4. The molecule has 1 fully saturated rings. The average Bonchev–Trinajstić information content (AvgIpc) is 3.40. The van der Waals surface area contributed by atoms with E-state index in [-0.39, 0.29) is 42.4 Å². The molecule has 0 unspecified atom stereocenters. The second kappa shape index (κ2) is 10.0. The molecule has 2 aromatic heterocycles. The van der Waals surface area contributed by atoms with E-state index in [1.165, 1.54) is 22.9 Å². The predicted octanol–water partition coefficient (Wildman–Crippen LogP) is 1.49. The first kappa shape index (κ1) is 23.4. The molecule has 1 amide bonds. The summed E-state index contributed by atoms with van der Waals surface area (Å²) >= 11 is 0. The lowest BCUT2D eigenvalue weighted by atomic mass is 9.97. The number of esters is 1. The molecule has 4 rings (SSSR count). The van der Waals surface area contributed by atoms with Gasteiger partial charge in [0.2, 0.25) is 16.8 Å². The van der Waals surface area contributed by atoms with Crippen molar-refractivity contribution in [3.63, 3.8) is 0 Å². The highest BCUT2D eigenvalue weighted by atomic mass is 32.2. The van der Waals surface area contributed by atoms with Crippen LogP contribution in [0, 0.1) is 5.92 Å². The van der Waals surface area contributed by atoms with E-state index in [0.717, 1.165) is 37.5 Å². The molecule has 12 heteroatoms. The largest absolute Gasteiger partial charge is 0.460 e. The van der Waals surface area contributed by atoms with Crippen LogP contribution in [0.2, 0.25) is 0 Å². The van der Waals surface area contributed by atoms with Gasteiger partial charge in [0.05, 0.1) is 13.2 Å². The monoisotopic (exact) mass is 479 g/mol. The number of piperidine rings is 1. The molecule has 0 atom stereocenters. The lowest BCUT2D eigenvalue weighted by Gasteiger charge is -2.29. The van der Waals surface area contributed by atoms with Gasteiger partial charge in [-0.05, 0) is 44.7 Å². The number of nitrogens with one attached hydrogen (secondary N) is 1. The summed E-state index contributed by atoms with van der Waals surface area (Å²) in [6.07, 6.45) is 5.05. The number of ether oxygens (including phenoxy) is 1. The Kier molecular flexibility index (Phi) is 7.13. The predicted molar refractivity (Wildman–Crippen MR) is 116 cm³/mol. The Bertz CT molecular complexity index is 1100. The molecular weight excluding hydrogens is 450 g/mol. The van der Waals surface area contributed by atoms with E-state index in [1.807, 2.05) is 0 Å². The number of hydrogen-bond acceptors (Lipinski definition) is 8. The normalized spacial score (nSPS) is 17.8. The van der Waals surface area contributed by atoms with Crippen LogP contribution in [0.4, 0.5) is 0 Å². The van der Waals surface area contributed by atoms with E-state index in [9.17, 15) is 18.0 Å². The minimum Gasteiger partial charge on any atom is -0.460 e. The van der Waals surface area contributed by atoms with Crippen LogP contribution in [0.15, 0.2) is 21.6 Å². The molecule has 1 N–H and O–H groups in total. The number of rotatable bonds is 7. The number of furan rings is 1. The zero-order valence-electron chi connectivity index (χ0n) is 18.7. The number of carbonyl (C=O) groups is 2. The van der Waals surface area contributed by atoms with Crippen molar-refractivity contribution in [2.45, 2.75) is 63.6 Å². The van der Waals surface area contributed by atoms with Crippen molar-refractivity contribution < 1.29 is 27.2 Å². The highest BCUT2D eigenvalue weighted by Crippen LogP contribution is 2.25. The molecule has 1 saturated heterocycles. The van der Waals surface area contributed by atoms with E-state index in [1.54, 1.807) is 6.92 Å². The number of fused-ring (bicyclic) bond motifs is 1. The highest BCUT2D eigenvalue weighted by Gasteiger charge is 2.34. The van der Waals surface area contributed by atoms with Gasteiger partial charge in [0.1, 0.15) is 5.82 Å². The van der Waals surface area contributed by atoms with Crippen LogP contribution in [-0.2, 0) is 39.1 Å². The molecule has 2 aromatic rings. The molecule has 0 saturated carbocycles. The van der Waals surface area contributed by atoms with Crippen LogP contribution < -0.4 is 5.32 Å². The lowest BCUT2D eigenvalue weighted by Crippen LogP contribution is -2.42. The average molecular weight is 480 g/mol. The Morgan fingerprint density at radius 3 is 2.70 bits per heavy atom. The Morgan fingerprint density at radius 1 is 1.15 bits per heavy atom. The number of aromatic nitrogens is 3. The Hall–Kier alpha value is -2.73. The summed E-state index contributed by atoms with van der Waals surface area (Å²) < 4.78 is 39.2. The second-order valence-corrected chi connectivity index (χ2v) is 10.1. The van der Waals surface area contributed by atoms with Crippen molar-refractivity contribution >= 4 is 21.9 Å². The van der Waals surface area contributed by atoms with Crippen molar-refractivity contribution in [2.24, 2.45) is 5.92 Å². The molecule has 0 bridgehead atoms. The summed E-state index contributed by atoms with van der Waals surface area (Å²) in [6.45, 7) is 3.38. The topological polar surface area (TPSA) is 137 Å². The maximum atomic E-state index is 12.9. The lowest BCUT2D eigenvalue weighted by molar-refractivity contribution is -0.126. The maximum absolute atomic E-state index is 12.9. The van der Waals surface area contributed by atoms with Crippen LogP contribution in [0.25, 0.3) is 0 Å². The van der Waals surface area contributed by atoms with Gasteiger partial charge < -0.3 is 19.0 Å². The molecule has 11 nitrogen and oxygen atoms in total. The molecule has 2 aliphatic rings. The van der Waals surface area contributed by atoms with Crippen molar-refractivity contribution in [1.29, 1.82) is 0 Å². The fraction of sp³-hybridized carbons (Fsp3) is 0.619. The molecule has 2 aliphatic heterocycles. The number of amides is 1. The molecule has 33 heavy (non-hydrogen) atoms. The number of carbonyl (C=O) groups excluding carboxylic acids is 2. The molecule has 0 spiro atoms. The highest BCUT2D eigenvalue weighted by molar-refractivity contribution is 7.89. The minimum atomic E-state index is -3.89. The van der Waals surface area contributed by atoms with Gasteiger partial charge in [-0.15, -0.1) is 10.2 Å². The molecule has 4 heterocycles. The van der Waals surface area contributed by atoms with Gasteiger partial charge in [0, 0.05) is 32.0 Å². The number of nitrogens with zero attached hydrogens (tertiary/aromatic N) is 4. The Morgan fingerprint density at radius 2 is 1.94 bits per heavy atom. The number of sulfonamides is 1. The van der Waals surface area contributed by atoms with Gasteiger partial charge >= 0.3 is 5.97 Å². The van der Waals surface area contributed by atoms with Crippen LogP contribution in [0.1, 0.15) is 61.2 Å². The summed E-state index contributed by atoms with van der Waals surface area (Å²) in [5.74, 6) is 0.472. The van der Waals surface area contributed by atoms with Gasteiger partial charge in [0.25, 0.3) is 10.0 Å². The summed E-state index contributed by atoms with van der Waals surface area (Å²) in [7, 11) is -3.89. The maximum Gasteiger partial charge on any atom is 0.374 e. The van der Waals surface area contributed by atoms with Crippen LogP contribution in [0.3, 0.4) is 0 Å². The quantitative estimate of drug-likeness (QED) is 0.590. The summed E-state index contributed by atoms with van der Waals surface area (Å²) in [6, 6.07) is 2.54. The first-order valence-corrected chi connectivity index (χ1v) is 12.8. The molecule has 180 valence electrons. The zero-order valence-corrected chi connectivity index (χ0v) is 19.5. The Labute approximate surface area is 192 Å². The van der Waals surface area contributed by atoms with E-state index in [0.29, 0.717) is 19.4 Å². The third kappa shape index (κ3) is 5.11. The van der Waals surface area contributed by atoms with Crippen LogP contribution in [-0.4, -0.2) is 59.1 Å². The van der Waals surface area contributed by atoms with E-state index < -0.39 is 16.0 Å². The van der Waals surface area contributed by atoms with E-state index in [2.05, 4.69) is 20.1 Å². The fourth-order valence-corrected chi connectivity index (χ4v) is 5.62. The summed E-state index contributed by atoms with van der Waals surface area (Å²) in [5.41, 5.74) is 0. The van der Waals surface area contributed by atoms with Crippen LogP contribution in [0.5, 0.6) is 0 Å². The third-order valence-electron chi connectivity index (χ3n) is 6.08. The minimum absolute atomic E-state index is 0.111. The van der Waals surface area contributed by atoms with Gasteiger partial charge in [-0.1, -0.05) is 6.42 Å². The van der Waals surface area contributed by atoms with Crippen molar-refractivity contribution in [1.82, 2.24) is 24.4 Å². The number of hydrogen-bond donors (Lipinski definition) is 1. The third-order valence-corrected chi connectivity index (χ3v) is 7.86. The van der Waals surface area contributed by atoms with Crippen LogP contribution >= 0.6 is 0 Å². The van der Waals surface area contributed by atoms with Gasteiger partial charge in [-0.2, -0.15) is 4.31 Å². The molecular formula is C21H29N5O6S. The van der Waals surface area contributed by atoms with Crippen molar-refractivity contribution in [3.8, 4) is 0 Å². The first-order valence-electron chi connectivity index (χ1n) is 11.4.